The van der Waals surface area contributed by atoms with Crippen molar-refractivity contribution in [1.82, 2.24) is 5.32 Å². The van der Waals surface area contributed by atoms with Gasteiger partial charge in [0, 0.05) is 6.04 Å². The van der Waals surface area contributed by atoms with Crippen molar-refractivity contribution in [3.63, 3.8) is 0 Å². The fourth-order valence-electron chi connectivity index (χ4n) is 5.09. The van der Waals surface area contributed by atoms with Gasteiger partial charge in [-0.1, -0.05) is 23.8 Å². The molecule has 4 atom stereocenters. The molecule has 2 N–H and O–H groups in total. The number of nitrogens with one attached hydrogen (secondary N) is 1. The van der Waals surface area contributed by atoms with Crippen molar-refractivity contribution in [3.8, 4) is 11.5 Å². The molecule has 8 nitrogen and oxygen atoms in total. The molecule has 0 unspecified atom stereocenters. The summed E-state index contributed by atoms with van der Waals surface area (Å²) >= 11 is 1.54. The quantitative estimate of drug-likeness (QED) is 0.457. The second-order valence-corrected chi connectivity index (χ2v) is 9.60. The number of fused-ring (bicyclic) bond motifs is 1. The fraction of sp³-hybridized carbons (Fsp3) is 0.400. The number of amides is 2. The number of rotatable bonds is 7. The molecule has 2 aromatic carbocycles. The zero-order valence-electron chi connectivity index (χ0n) is 19.5. The predicted octanol–water partition coefficient (Wildman–Crippen LogP) is 2.82. The van der Waals surface area contributed by atoms with Crippen LogP contribution in [0.4, 0.5) is 5.69 Å². The summed E-state index contributed by atoms with van der Waals surface area (Å²) in [6.45, 7) is 1.93. The number of carbonyl (C=O) groups excluding carboxylic acids is 3. The number of thioether (sulfide) groups is 1. The van der Waals surface area contributed by atoms with Gasteiger partial charge in [0.2, 0.25) is 11.8 Å². The van der Waals surface area contributed by atoms with E-state index in [0.717, 1.165) is 5.56 Å². The van der Waals surface area contributed by atoms with Crippen molar-refractivity contribution < 1.29 is 29.0 Å². The number of ether oxygens (including phenoxy) is 2. The number of hydrogen-bond acceptors (Lipinski definition) is 8. The van der Waals surface area contributed by atoms with Gasteiger partial charge in [-0.3, -0.25) is 19.7 Å². The van der Waals surface area contributed by atoms with E-state index in [0.29, 0.717) is 23.4 Å². The van der Waals surface area contributed by atoms with Crippen molar-refractivity contribution in [2.24, 2.45) is 11.8 Å². The number of carbonyl (C=O) groups is 3. The highest BCUT2D eigenvalue weighted by Crippen LogP contribution is 2.52. The second kappa shape index (κ2) is 9.31. The van der Waals surface area contributed by atoms with E-state index < -0.39 is 35.3 Å². The van der Waals surface area contributed by atoms with Gasteiger partial charge in [-0.25, -0.2) is 4.90 Å². The van der Waals surface area contributed by atoms with E-state index in [1.54, 1.807) is 36.0 Å². The van der Waals surface area contributed by atoms with Gasteiger partial charge in [0.05, 0.1) is 31.7 Å². The number of aryl methyl sites for hydroxylation is 1. The molecule has 2 fully saturated rings. The second-order valence-electron chi connectivity index (χ2n) is 8.61. The lowest BCUT2D eigenvalue weighted by atomic mass is 9.78. The zero-order valence-corrected chi connectivity index (χ0v) is 20.3. The van der Waals surface area contributed by atoms with Crippen molar-refractivity contribution in [2.45, 2.75) is 24.9 Å². The summed E-state index contributed by atoms with van der Waals surface area (Å²) < 4.78 is 10.4. The van der Waals surface area contributed by atoms with Crippen molar-refractivity contribution in [3.05, 3.63) is 53.6 Å². The monoisotopic (exact) mass is 484 g/mol. The molecule has 0 bridgehead atoms. The van der Waals surface area contributed by atoms with Crippen LogP contribution in [0.2, 0.25) is 0 Å². The number of hydrogen-bond donors (Lipinski definition) is 2. The first kappa shape index (κ1) is 24.1. The Kier molecular flexibility index (Phi) is 6.60. The molecule has 0 saturated carbocycles. The number of nitrogens with zero attached hydrogens (tertiary/aromatic N) is 1. The zero-order chi connectivity index (χ0) is 24.6. The number of anilines is 1. The van der Waals surface area contributed by atoms with Crippen molar-refractivity contribution in [1.29, 1.82) is 0 Å². The molecule has 2 heterocycles. The molecule has 180 valence electrons. The highest BCUT2D eigenvalue weighted by atomic mass is 32.2. The smallest absolute Gasteiger partial charge is 0.326 e. The predicted molar refractivity (Wildman–Crippen MR) is 129 cm³/mol. The van der Waals surface area contributed by atoms with Gasteiger partial charge in [-0.05, 0) is 55.2 Å². The van der Waals surface area contributed by atoms with Gasteiger partial charge < -0.3 is 14.6 Å². The Bertz CT molecular complexity index is 1120. The first-order valence-electron chi connectivity index (χ1n) is 11.0. The van der Waals surface area contributed by atoms with Gasteiger partial charge in [-0.2, -0.15) is 11.8 Å². The van der Waals surface area contributed by atoms with Gasteiger partial charge in [0.15, 0.2) is 11.5 Å². The average molecular weight is 485 g/mol. The molecule has 4 rings (SSSR count). The molecule has 2 aromatic rings. The molecule has 0 radical (unpaired) electrons. The van der Waals surface area contributed by atoms with Crippen LogP contribution in [0.15, 0.2) is 42.5 Å². The molecule has 9 heteroatoms. The van der Waals surface area contributed by atoms with Crippen molar-refractivity contribution in [2.75, 3.05) is 31.1 Å². The summed E-state index contributed by atoms with van der Waals surface area (Å²) in [5.41, 5.74) is 0.736. The Morgan fingerprint density at radius 1 is 1.15 bits per heavy atom. The summed E-state index contributed by atoms with van der Waals surface area (Å²) in [7, 11) is 2.72. The topological polar surface area (TPSA) is 105 Å². The van der Waals surface area contributed by atoms with Gasteiger partial charge in [0.25, 0.3) is 0 Å². The van der Waals surface area contributed by atoms with Gasteiger partial charge >= 0.3 is 5.97 Å². The minimum atomic E-state index is -1.37. The summed E-state index contributed by atoms with van der Waals surface area (Å²) in [5, 5.41) is 13.4. The number of phenolic OH excluding ortho intramolecular Hbond substituents is 1. The lowest BCUT2D eigenvalue weighted by Gasteiger charge is -2.32. The SMILES string of the molecule is COC(=O)[C@]1(CCSC)N[C@H](c2ccc(O)c(OC)c2)[C@@H]2C(=O)N(c3ccc(C)cc3)C(=O)[C@H]21. The largest absolute Gasteiger partial charge is 0.504 e. The molecule has 2 amide bonds. The maximum Gasteiger partial charge on any atom is 0.326 e. The Morgan fingerprint density at radius 3 is 2.47 bits per heavy atom. The molecule has 2 aliphatic heterocycles. The maximum atomic E-state index is 13.8. The van der Waals surface area contributed by atoms with Crippen molar-refractivity contribution >= 4 is 35.2 Å². The highest BCUT2D eigenvalue weighted by Gasteiger charge is 2.68. The van der Waals surface area contributed by atoms with E-state index in [2.05, 4.69) is 5.32 Å². The molecular formula is C25H28N2O6S. The van der Waals surface area contributed by atoms with Crippen LogP contribution >= 0.6 is 11.8 Å². The van der Waals surface area contributed by atoms with Crippen LogP contribution in [0.1, 0.15) is 23.6 Å². The molecule has 2 saturated heterocycles. The van der Waals surface area contributed by atoms with E-state index >= 15 is 0 Å². The molecule has 2 aliphatic rings. The Morgan fingerprint density at radius 2 is 1.85 bits per heavy atom. The first-order chi connectivity index (χ1) is 16.3. The van der Waals surface area contributed by atoms with Crippen LogP contribution in [0.25, 0.3) is 0 Å². The van der Waals surface area contributed by atoms with Gasteiger partial charge in [0.1, 0.15) is 5.54 Å². The Labute approximate surface area is 202 Å². The van der Waals surface area contributed by atoms with E-state index in [-0.39, 0.29) is 17.4 Å². The Balaban J connectivity index is 1.87. The third-order valence-electron chi connectivity index (χ3n) is 6.76. The van der Waals surface area contributed by atoms with E-state index in [9.17, 15) is 19.5 Å². The van der Waals surface area contributed by atoms with E-state index in [1.807, 2.05) is 25.3 Å². The molecule has 0 spiro atoms. The van der Waals surface area contributed by atoms with Crippen LogP contribution in [0.3, 0.4) is 0 Å². The number of imide groups is 1. The first-order valence-corrected chi connectivity index (χ1v) is 12.3. The highest BCUT2D eigenvalue weighted by molar-refractivity contribution is 7.98. The Hall–Kier alpha value is -3.04. The summed E-state index contributed by atoms with van der Waals surface area (Å²) in [4.78, 5) is 42.0. The lowest BCUT2D eigenvalue weighted by molar-refractivity contribution is -0.152. The standard InChI is InChI=1S/C25H28N2O6S/c1-14-5-8-16(9-6-14)27-22(29)19-20(23(27)30)25(11-12-34-4,24(31)33-3)26-21(19)15-7-10-17(28)18(13-15)32-2/h5-10,13,19-21,26,28H,11-12H2,1-4H3/t19-,20+,21-,25-/m1/s1. The van der Waals surface area contributed by atoms with E-state index in [4.69, 9.17) is 9.47 Å². The summed E-state index contributed by atoms with van der Waals surface area (Å²) in [5.74, 6) is -2.36. The van der Waals surface area contributed by atoms with Crippen LogP contribution < -0.4 is 15.0 Å². The van der Waals surface area contributed by atoms with Crippen LogP contribution in [-0.2, 0) is 19.1 Å². The van der Waals surface area contributed by atoms with Crippen LogP contribution in [-0.4, -0.2) is 54.7 Å². The summed E-state index contributed by atoms with van der Waals surface area (Å²) in [6, 6.07) is 11.3. The van der Waals surface area contributed by atoms with E-state index in [1.165, 1.54) is 25.2 Å². The lowest BCUT2D eigenvalue weighted by Crippen LogP contribution is -2.56. The number of methoxy groups -OCH3 is 2. The summed E-state index contributed by atoms with van der Waals surface area (Å²) in [6.07, 6.45) is 2.23. The molecule has 0 aliphatic carbocycles. The number of aromatic hydroxyl groups is 1. The number of phenols is 1. The number of esters is 1. The minimum Gasteiger partial charge on any atom is -0.504 e. The average Bonchev–Trinajstić information content (AvgIpc) is 3.32. The fourth-order valence-corrected chi connectivity index (χ4v) is 5.62. The van der Waals surface area contributed by atoms with Crippen LogP contribution in [0, 0.1) is 18.8 Å². The molecular weight excluding hydrogens is 456 g/mol. The minimum absolute atomic E-state index is 0.0440. The van der Waals surface area contributed by atoms with Crippen LogP contribution in [0.5, 0.6) is 11.5 Å². The third-order valence-corrected chi connectivity index (χ3v) is 7.37. The number of benzene rings is 2. The molecule has 0 aromatic heterocycles. The third kappa shape index (κ3) is 3.73. The normalized spacial score (nSPS) is 26.0. The maximum absolute atomic E-state index is 13.8. The van der Waals surface area contributed by atoms with Gasteiger partial charge in [-0.15, -0.1) is 0 Å². The molecule has 34 heavy (non-hydrogen) atoms.